The van der Waals surface area contributed by atoms with Crippen LogP contribution in [0, 0.1) is 13.8 Å². The van der Waals surface area contributed by atoms with Crippen LogP contribution in [0.25, 0.3) is 21.7 Å². The minimum absolute atomic E-state index is 0.0468. The molecule has 4 aromatic heterocycles. The lowest BCUT2D eigenvalue weighted by Crippen LogP contribution is -2.23. The molecular formula is C25H23N5OS2. The third-order valence-electron chi connectivity index (χ3n) is 6.19. The SMILES string of the molecule is Cc1ccc(-n2c(SCc3cn4cccnc4n3)nc3sc4c(c3c2=O)CCCC4)c(C)c1. The topological polar surface area (TPSA) is 65.1 Å². The summed E-state index contributed by atoms with van der Waals surface area (Å²) in [6, 6.07) is 8.11. The second-order valence-electron chi connectivity index (χ2n) is 8.56. The summed E-state index contributed by atoms with van der Waals surface area (Å²) in [5.41, 5.74) is 5.32. The summed E-state index contributed by atoms with van der Waals surface area (Å²) in [5, 5.41) is 1.53. The summed E-state index contributed by atoms with van der Waals surface area (Å²) in [6.07, 6.45) is 10.0. The second-order valence-corrected chi connectivity index (χ2v) is 10.6. The molecule has 5 aromatic rings. The van der Waals surface area contributed by atoms with Gasteiger partial charge in [-0.3, -0.25) is 13.8 Å². The Balaban J connectivity index is 1.50. The van der Waals surface area contributed by atoms with Crippen molar-refractivity contribution in [3.05, 3.63) is 80.5 Å². The van der Waals surface area contributed by atoms with Gasteiger partial charge >= 0.3 is 0 Å². The number of rotatable bonds is 4. The molecule has 166 valence electrons. The smallest absolute Gasteiger partial charge is 0.267 e. The summed E-state index contributed by atoms with van der Waals surface area (Å²) in [5.74, 6) is 1.28. The number of aromatic nitrogens is 5. The van der Waals surface area contributed by atoms with Gasteiger partial charge in [-0.1, -0.05) is 29.5 Å². The Labute approximate surface area is 199 Å². The van der Waals surface area contributed by atoms with E-state index in [0.717, 1.165) is 46.4 Å². The molecule has 0 saturated carbocycles. The molecule has 0 radical (unpaired) electrons. The van der Waals surface area contributed by atoms with Crippen LogP contribution < -0.4 is 5.56 Å². The monoisotopic (exact) mass is 473 g/mol. The molecule has 0 spiro atoms. The lowest BCUT2D eigenvalue weighted by atomic mass is 9.97. The number of imidazole rings is 1. The van der Waals surface area contributed by atoms with Gasteiger partial charge in [-0.05, 0) is 62.8 Å². The molecule has 0 fully saturated rings. The van der Waals surface area contributed by atoms with Crippen LogP contribution >= 0.6 is 23.1 Å². The first-order valence-electron chi connectivity index (χ1n) is 11.1. The Morgan fingerprint density at radius 1 is 1.15 bits per heavy atom. The van der Waals surface area contributed by atoms with Crippen LogP contribution in [0.2, 0.25) is 0 Å². The predicted octanol–water partition coefficient (Wildman–Crippen LogP) is 5.28. The molecule has 0 aliphatic heterocycles. The minimum Gasteiger partial charge on any atom is -0.291 e. The zero-order valence-electron chi connectivity index (χ0n) is 18.5. The fourth-order valence-corrected chi connectivity index (χ4v) is 6.83. The largest absolute Gasteiger partial charge is 0.291 e. The molecule has 0 N–H and O–H groups in total. The average Bonchev–Trinajstić information content (AvgIpc) is 3.39. The van der Waals surface area contributed by atoms with E-state index in [9.17, 15) is 4.79 Å². The zero-order chi connectivity index (χ0) is 22.5. The van der Waals surface area contributed by atoms with E-state index in [-0.39, 0.29) is 5.56 Å². The summed E-state index contributed by atoms with van der Waals surface area (Å²) >= 11 is 3.25. The van der Waals surface area contributed by atoms with Gasteiger partial charge in [-0.25, -0.2) is 15.0 Å². The van der Waals surface area contributed by atoms with Gasteiger partial charge in [-0.2, -0.15) is 0 Å². The standard InChI is InChI=1S/C25H23N5OS2/c1-15-8-9-19(16(2)12-15)30-23(31)21-18-6-3-4-7-20(18)33-22(21)28-25(30)32-14-17-13-29-11-5-10-26-24(29)27-17/h5,8-13H,3-4,6-7,14H2,1-2H3. The van der Waals surface area contributed by atoms with Crippen molar-refractivity contribution in [1.82, 2.24) is 23.9 Å². The number of fused-ring (bicyclic) bond motifs is 4. The predicted molar refractivity (Wildman–Crippen MR) is 134 cm³/mol. The van der Waals surface area contributed by atoms with E-state index in [1.54, 1.807) is 29.3 Å². The van der Waals surface area contributed by atoms with Crippen molar-refractivity contribution < 1.29 is 0 Å². The van der Waals surface area contributed by atoms with Crippen LogP contribution in [-0.4, -0.2) is 23.9 Å². The Morgan fingerprint density at radius 2 is 2.03 bits per heavy atom. The highest BCUT2D eigenvalue weighted by Gasteiger charge is 2.23. The molecule has 4 heterocycles. The van der Waals surface area contributed by atoms with E-state index >= 15 is 0 Å². The summed E-state index contributed by atoms with van der Waals surface area (Å²) < 4.78 is 3.73. The van der Waals surface area contributed by atoms with Crippen molar-refractivity contribution in [2.24, 2.45) is 0 Å². The Morgan fingerprint density at radius 3 is 2.88 bits per heavy atom. The van der Waals surface area contributed by atoms with Gasteiger partial charge in [0, 0.05) is 29.2 Å². The van der Waals surface area contributed by atoms with Gasteiger partial charge in [0.05, 0.1) is 16.8 Å². The van der Waals surface area contributed by atoms with Crippen LogP contribution in [-0.2, 0) is 18.6 Å². The number of benzene rings is 1. The second kappa shape index (κ2) is 8.11. The molecule has 8 heteroatoms. The first kappa shape index (κ1) is 20.6. The quantitative estimate of drug-likeness (QED) is 0.263. The van der Waals surface area contributed by atoms with Crippen molar-refractivity contribution >= 4 is 39.1 Å². The van der Waals surface area contributed by atoms with Crippen LogP contribution in [0.5, 0.6) is 0 Å². The van der Waals surface area contributed by atoms with E-state index in [4.69, 9.17) is 4.98 Å². The molecule has 33 heavy (non-hydrogen) atoms. The van der Waals surface area contributed by atoms with E-state index in [1.165, 1.54) is 22.4 Å². The van der Waals surface area contributed by atoms with Gasteiger partial charge in [0.1, 0.15) is 4.83 Å². The minimum atomic E-state index is 0.0468. The van der Waals surface area contributed by atoms with E-state index in [1.807, 2.05) is 33.5 Å². The van der Waals surface area contributed by atoms with Gasteiger partial charge in [0.25, 0.3) is 5.56 Å². The number of hydrogen-bond donors (Lipinski definition) is 0. The number of hydrogen-bond acceptors (Lipinski definition) is 6. The van der Waals surface area contributed by atoms with Crippen LogP contribution in [0.4, 0.5) is 0 Å². The fraction of sp³-hybridized carbons (Fsp3) is 0.280. The zero-order valence-corrected chi connectivity index (χ0v) is 20.2. The molecule has 0 amide bonds. The molecule has 1 aliphatic carbocycles. The van der Waals surface area contributed by atoms with Gasteiger partial charge in [-0.15, -0.1) is 11.3 Å². The van der Waals surface area contributed by atoms with Gasteiger partial charge < -0.3 is 0 Å². The molecule has 6 rings (SSSR count). The molecule has 6 nitrogen and oxygen atoms in total. The molecule has 1 aromatic carbocycles. The van der Waals surface area contributed by atoms with Gasteiger partial charge in [0.2, 0.25) is 5.78 Å². The number of aryl methyl sites for hydroxylation is 4. The Kier molecular flexibility index (Phi) is 5.07. The summed E-state index contributed by atoms with van der Waals surface area (Å²) in [4.78, 5) is 30.1. The van der Waals surface area contributed by atoms with Crippen molar-refractivity contribution in [1.29, 1.82) is 0 Å². The summed E-state index contributed by atoms with van der Waals surface area (Å²) in [7, 11) is 0. The molecule has 0 bridgehead atoms. The highest BCUT2D eigenvalue weighted by molar-refractivity contribution is 7.98. The van der Waals surface area contributed by atoms with Crippen LogP contribution in [0.3, 0.4) is 0 Å². The maximum Gasteiger partial charge on any atom is 0.267 e. The maximum atomic E-state index is 14.0. The number of thiophene rings is 1. The Hall–Kier alpha value is -2.97. The fourth-order valence-electron chi connectivity index (χ4n) is 4.64. The van der Waals surface area contributed by atoms with Crippen molar-refractivity contribution in [2.45, 2.75) is 50.4 Å². The number of nitrogens with zero attached hydrogens (tertiary/aromatic N) is 5. The molecule has 0 unspecified atom stereocenters. The third-order valence-corrected chi connectivity index (χ3v) is 8.34. The van der Waals surface area contributed by atoms with Crippen molar-refractivity contribution in [2.75, 3.05) is 0 Å². The summed E-state index contributed by atoms with van der Waals surface area (Å²) in [6.45, 7) is 4.13. The van der Waals surface area contributed by atoms with Crippen LogP contribution in [0.15, 0.2) is 52.8 Å². The Bertz CT molecular complexity index is 1550. The van der Waals surface area contributed by atoms with Gasteiger partial charge in [0.15, 0.2) is 5.16 Å². The lowest BCUT2D eigenvalue weighted by Gasteiger charge is -2.15. The normalized spacial score (nSPS) is 13.6. The van der Waals surface area contributed by atoms with Crippen LogP contribution in [0.1, 0.15) is 40.1 Å². The van der Waals surface area contributed by atoms with E-state index in [2.05, 4.69) is 35.9 Å². The van der Waals surface area contributed by atoms with E-state index < -0.39 is 0 Å². The highest BCUT2D eigenvalue weighted by atomic mass is 32.2. The van der Waals surface area contributed by atoms with E-state index in [0.29, 0.717) is 16.7 Å². The molecule has 1 aliphatic rings. The average molecular weight is 474 g/mol. The number of thioether (sulfide) groups is 1. The van der Waals surface area contributed by atoms with Crippen molar-refractivity contribution in [3.8, 4) is 5.69 Å². The molecular weight excluding hydrogens is 450 g/mol. The first-order valence-corrected chi connectivity index (χ1v) is 12.9. The maximum absolute atomic E-state index is 14.0. The third kappa shape index (κ3) is 3.57. The molecule has 0 saturated heterocycles. The first-order chi connectivity index (χ1) is 16.1. The molecule has 0 atom stereocenters. The lowest BCUT2D eigenvalue weighted by molar-refractivity contribution is 0.699. The van der Waals surface area contributed by atoms with Crippen molar-refractivity contribution in [3.63, 3.8) is 0 Å². The highest BCUT2D eigenvalue weighted by Crippen LogP contribution is 2.36.